The average Bonchev–Trinajstić information content (AvgIpc) is 2.96. The monoisotopic (exact) mass is 214 g/mol. The molecule has 2 rings (SSSR count). The van der Waals surface area contributed by atoms with Gasteiger partial charge in [-0.2, -0.15) is 0 Å². The largest absolute Gasteiger partial charge is 0.299 e. The first-order chi connectivity index (χ1) is 7.08. The van der Waals surface area contributed by atoms with E-state index in [-0.39, 0.29) is 23.7 Å². The fourth-order valence-electron chi connectivity index (χ4n) is 1.46. The number of hydrogen-bond acceptors (Lipinski definition) is 1. The van der Waals surface area contributed by atoms with Crippen LogP contribution in [0, 0.1) is 23.4 Å². The van der Waals surface area contributed by atoms with Crippen LogP contribution in [-0.4, -0.2) is 5.78 Å². The molecule has 15 heavy (non-hydrogen) atoms. The van der Waals surface area contributed by atoms with Gasteiger partial charge in [-0.25, -0.2) is 13.2 Å². The number of rotatable bonds is 3. The zero-order valence-electron chi connectivity index (χ0n) is 7.90. The van der Waals surface area contributed by atoms with Gasteiger partial charge in [-0.3, -0.25) is 4.79 Å². The Morgan fingerprint density at radius 1 is 1.20 bits per heavy atom. The Bertz CT molecular complexity index is 387. The minimum absolute atomic E-state index is 0.0151. The maximum absolute atomic E-state index is 12.8. The van der Waals surface area contributed by atoms with Crippen molar-refractivity contribution in [3.8, 4) is 0 Å². The lowest BCUT2D eigenvalue weighted by atomic mass is 10.1. The Kier molecular flexibility index (Phi) is 2.50. The molecule has 0 saturated heterocycles. The summed E-state index contributed by atoms with van der Waals surface area (Å²) in [7, 11) is 0. The lowest BCUT2D eigenvalue weighted by molar-refractivity contribution is -0.119. The van der Waals surface area contributed by atoms with E-state index in [2.05, 4.69) is 0 Å². The second-order valence-corrected chi connectivity index (χ2v) is 3.79. The van der Waals surface area contributed by atoms with Crippen molar-refractivity contribution in [2.45, 2.75) is 19.3 Å². The molecule has 0 unspecified atom stereocenters. The van der Waals surface area contributed by atoms with E-state index in [9.17, 15) is 18.0 Å². The number of hydrogen-bond donors (Lipinski definition) is 0. The summed E-state index contributed by atoms with van der Waals surface area (Å²) in [5.74, 6) is -3.96. The summed E-state index contributed by atoms with van der Waals surface area (Å²) in [6.07, 6.45) is 1.69. The lowest BCUT2D eigenvalue weighted by Gasteiger charge is -2.02. The number of halogens is 3. The molecule has 1 nitrogen and oxygen atoms in total. The van der Waals surface area contributed by atoms with Crippen molar-refractivity contribution in [3.63, 3.8) is 0 Å². The van der Waals surface area contributed by atoms with Crippen molar-refractivity contribution in [2.24, 2.45) is 5.92 Å². The van der Waals surface area contributed by atoms with E-state index >= 15 is 0 Å². The smallest absolute Gasteiger partial charge is 0.194 e. The Labute approximate surface area is 84.9 Å². The Balaban J connectivity index is 2.17. The standard InChI is InChI=1S/C11H9F3O/c12-8-3-6(4-9(13)11(8)14)5-10(15)7-1-2-7/h3-4,7H,1-2,5H2. The summed E-state index contributed by atoms with van der Waals surface area (Å²) in [5, 5.41) is 0. The number of benzene rings is 1. The van der Waals surface area contributed by atoms with Crippen LogP contribution in [0.25, 0.3) is 0 Å². The molecule has 0 bridgehead atoms. The first-order valence-electron chi connectivity index (χ1n) is 4.74. The van der Waals surface area contributed by atoms with Crippen LogP contribution in [0.4, 0.5) is 13.2 Å². The van der Waals surface area contributed by atoms with Gasteiger partial charge < -0.3 is 0 Å². The summed E-state index contributed by atoms with van der Waals surface area (Å²) in [6, 6.07) is 1.75. The summed E-state index contributed by atoms with van der Waals surface area (Å²) in [6.45, 7) is 0. The number of carbonyl (C=O) groups is 1. The van der Waals surface area contributed by atoms with E-state index < -0.39 is 17.5 Å². The predicted octanol–water partition coefficient (Wildman–Crippen LogP) is 2.63. The average molecular weight is 214 g/mol. The zero-order chi connectivity index (χ0) is 11.0. The highest BCUT2D eigenvalue weighted by atomic mass is 19.2. The Morgan fingerprint density at radius 2 is 1.73 bits per heavy atom. The summed E-state index contributed by atoms with van der Waals surface area (Å²) in [4.78, 5) is 11.3. The molecule has 1 aromatic rings. The molecule has 0 spiro atoms. The highest BCUT2D eigenvalue weighted by Crippen LogP contribution is 2.31. The molecule has 80 valence electrons. The fourth-order valence-corrected chi connectivity index (χ4v) is 1.46. The minimum Gasteiger partial charge on any atom is -0.299 e. The Morgan fingerprint density at radius 3 is 2.20 bits per heavy atom. The molecule has 0 radical (unpaired) electrons. The van der Waals surface area contributed by atoms with Crippen molar-refractivity contribution < 1.29 is 18.0 Å². The normalized spacial score (nSPS) is 15.4. The van der Waals surface area contributed by atoms with E-state index in [1.165, 1.54) is 0 Å². The van der Waals surface area contributed by atoms with E-state index in [0.29, 0.717) is 0 Å². The molecule has 0 heterocycles. The van der Waals surface area contributed by atoms with Crippen molar-refractivity contribution in [1.82, 2.24) is 0 Å². The number of Topliss-reactive ketones (excluding diaryl/α,β-unsaturated/α-hetero) is 1. The molecule has 0 aromatic heterocycles. The Hall–Kier alpha value is -1.32. The first kappa shape index (κ1) is 10.2. The van der Waals surface area contributed by atoms with Gasteiger partial charge in [-0.05, 0) is 30.5 Å². The van der Waals surface area contributed by atoms with Gasteiger partial charge in [0.25, 0.3) is 0 Å². The number of ketones is 1. The molecule has 4 heteroatoms. The van der Waals surface area contributed by atoms with E-state index in [1.54, 1.807) is 0 Å². The van der Waals surface area contributed by atoms with Crippen LogP contribution in [0.2, 0.25) is 0 Å². The zero-order valence-corrected chi connectivity index (χ0v) is 7.90. The van der Waals surface area contributed by atoms with Gasteiger partial charge in [-0.15, -0.1) is 0 Å². The van der Waals surface area contributed by atoms with Gasteiger partial charge >= 0.3 is 0 Å². The summed E-state index contributed by atoms with van der Waals surface area (Å²) < 4.78 is 38.1. The van der Waals surface area contributed by atoms with Gasteiger partial charge in [0.1, 0.15) is 5.78 Å². The molecule has 1 saturated carbocycles. The van der Waals surface area contributed by atoms with Crippen LogP contribution >= 0.6 is 0 Å². The molecule has 1 aliphatic carbocycles. The van der Waals surface area contributed by atoms with Crippen LogP contribution in [0.1, 0.15) is 18.4 Å². The van der Waals surface area contributed by atoms with Crippen molar-refractivity contribution in [1.29, 1.82) is 0 Å². The molecule has 1 fully saturated rings. The van der Waals surface area contributed by atoms with Crippen LogP contribution in [-0.2, 0) is 11.2 Å². The summed E-state index contributed by atoms with van der Waals surface area (Å²) >= 11 is 0. The van der Waals surface area contributed by atoms with E-state index in [1.807, 2.05) is 0 Å². The molecule has 1 aromatic carbocycles. The van der Waals surface area contributed by atoms with Gasteiger partial charge in [0.15, 0.2) is 17.5 Å². The first-order valence-corrected chi connectivity index (χ1v) is 4.74. The maximum atomic E-state index is 12.8. The molecule has 0 atom stereocenters. The van der Waals surface area contributed by atoms with E-state index in [4.69, 9.17) is 0 Å². The van der Waals surface area contributed by atoms with Gasteiger partial charge in [-0.1, -0.05) is 0 Å². The van der Waals surface area contributed by atoms with Gasteiger partial charge in [0.2, 0.25) is 0 Å². The van der Waals surface area contributed by atoms with Crippen LogP contribution in [0.15, 0.2) is 12.1 Å². The van der Waals surface area contributed by atoms with Crippen molar-refractivity contribution >= 4 is 5.78 Å². The molecule has 1 aliphatic rings. The SMILES string of the molecule is O=C(Cc1cc(F)c(F)c(F)c1)C1CC1. The third kappa shape index (κ3) is 2.19. The predicted molar refractivity (Wildman–Crippen MR) is 47.8 cm³/mol. The molecule has 0 aliphatic heterocycles. The van der Waals surface area contributed by atoms with Crippen molar-refractivity contribution in [2.75, 3.05) is 0 Å². The van der Waals surface area contributed by atoms with Crippen LogP contribution in [0.3, 0.4) is 0 Å². The number of carbonyl (C=O) groups excluding carboxylic acids is 1. The lowest BCUT2D eigenvalue weighted by Crippen LogP contribution is -2.06. The second-order valence-electron chi connectivity index (χ2n) is 3.79. The quantitative estimate of drug-likeness (QED) is 0.707. The highest BCUT2D eigenvalue weighted by molar-refractivity contribution is 5.85. The third-order valence-electron chi connectivity index (χ3n) is 2.45. The second kappa shape index (κ2) is 3.68. The topological polar surface area (TPSA) is 17.1 Å². The van der Waals surface area contributed by atoms with Crippen LogP contribution in [0.5, 0.6) is 0 Å². The maximum Gasteiger partial charge on any atom is 0.194 e. The molecule has 0 amide bonds. The minimum atomic E-state index is -1.49. The summed E-state index contributed by atoms with van der Waals surface area (Å²) in [5.41, 5.74) is 0.198. The van der Waals surface area contributed by atoms with Crippen LogP contribution < -0.4 is 0 Å². The van der Waals surface area contributed by atoms with Gasteiger partial charge in [0.05, 0.1) is 0 Å². The van der Waals surface area contributed by atoms with E-state index in [0.717, 1.165) is 25.0 Å². The highest BCUT2D eigenvalue weighted by Gasteiger charge is 2.29. The fraction of sp³-hybridized carbons (Fsp3) is 0.364. The third-order valence-corrected chi connectivity index (χ3v) is 2.45. The molecular weight excluding hydrogens is 205 g/mol. The molecular formula is C11H9F3O. The van der Waals surface area contributed by atoms with Gasteiger partial charge in [0, 0.05) is 12.3 Å². The molecule has 0 N–H and O–H groups in total. The van der Waals surface area contributed by atoms with Crippen molar-refractivity contribution in [3.05, 3.63) is 35.1 Å².